The molecule has 0 amide bonds. The number of hydrogen-bond donors (Lipinski definition) is 0. The van der Waals surface area contributed by atoms with Crippen LogP contribution in [0.1, 0.15) is 221 Å². The van der Waals surface area contributed by atoms with Crippen LogP contribution in [0.3, 0.4) is 0 Å². The largest absolute Gasteiger partial charge is 0.756 e. The summed E-state index contributed by atoms with van der Waals surface area (Å²) >= 11 is 0. The number of rotatable bonds is 42. The summed E-state index contributed by atoms with van der Waals surface area (Å²) in [5, 5.41) is 0. The third-order valence-electron chi connectivity index (χ3n) is 11.0. The zero-order chi connectivity index (χ0) is 40.0. The summed E-state index contributed by atoms with van der Waals surface area (Å²) in [4.78, 5) is 38.0. The smallest absolute Gasteiger partial charge is 0.306 e. The Bertz CT molecular complexity index is 900. The molecule has 0 bridgehead atoms. The minimum absolute atomic E-state index is 0.0140. The van der Waals surface area contributed by atoms with E-state index in [4.69, 9.17) is 18.5 Å². The molecule has 10 heteroatoms. The molecule has 0 aliphatic rings. The van der Waals surface area contributed by atoms with Crippen molar-refractivity contribution in [1.29, 1.82) is 0 Å². The van der Waals surface area contributed by atoms with Crippen LogP contribution < -0.4 is 4.89 Å². The molecule has 322 valence electrons. The van der Waals surface area contributed by atoms with Crippen LogP contribution in [0.2, 0.25) is 0 Å². The van der Waals surface area contributed by atoms with Crippen molar-refractivity contribution in [2.75, 3.05) is 46.0 Å². The van der Waals surface area contributed by atoms with Gasteiger partial charge in [-0.05, 0) is 33.1 Å². The molecule has 54 heavy (non-hydrogen) atoms. The van der Waals surface area contributed by atoms with E-state index in [-0.39, 0.29) is 32.0 Å². The number of ether oxygens (including phenoxy) is 2. The van der Waals surface area contributed by atoms with Gasteiger partial charge in [-0.15, -0.1) is 0 Å². The molecule has 0 spiro atoms. The van der Waals surface area contributed by atoms with Gasteiger partial charge in [-0.3, -0.25) is 14.2 Å². The molecule has 0 saturated heterocycles. The Morgan fingerprint density at radius 2 is 0.889 bits per heavy atom. The van der Waals surface area contributed by atoms with Gasteiger partial charge in [-0.25, -0.2) is 0 Å². The molecule has 0 aromatic rings. The van der Waals surface area contributed by atoms with Crippen molar-refractivity contribution in [2.45, 2.75) is 227 Å². The first-order valence-electron chi connectivity index (χ1n) is 23.0. The molecular weight excluding hydrogens is 701 g/mol. The zero-order valence-corrected chi connectivity index (χ0v) is 37.1. The van der Waals surface area contributed by atoms with E-state index >= 15 is 0 Å². The first-order valence-corrected chi connectivity index (χ1v) is 24.4. The van der Waals surface area contributed by atoms with Gasteiger partial charge in [0.1, 0.15) is 19.8 Å². The van der Waals surface area contributed by atoms with Crippen molar-refractivity contribution in [3.8, 4) is 0 Å². The summed E-state index contributed by atoms with van der Waals surface area (Å²) in [7, 11) is -4.65. The van der Waals surface area contributed by atoms with Crippen LogP contribution in [0.5, 0.6) is 0 Å². The van der Waals surface area contributed by atoms with Gasteiger partial charge in [0.15, 0.2) is 6.10 Å². The Morgan fingerprint density at radius 1 is 0.500 bits per heavy atom. The molecule has 0 aliphatic carbocycles. The van der Waals surface area contributed by atoms with Gasteiger partial charge in [-0.2, -0.15) is 0 Å². The summed E-state index contributed by atoms with van der Waals surface area (Å²) in [6.07, 6.45) is 32.2. The zero-order valence-electron chi connectivity index (χ0n) is 36.2. The fourth-order valence-corrected chi connectivity index (χ4v) is 7.92. The Morgan fingerprint density at radius 3 is 1.28 bits per heavy atom. The van der Waals surface area contributed by atoms with E-state index in [1.165, 1.54) is 128 Å². The van der Waals surface area contributed by atoms with E-state index in [2.05, 4.69) is 34.6 Å². The number of esters is 2. The van der Waals surface area contributed by atoms with E-state index in [1.54, 1.807) is 0 Å². The highest BCUT2D eigenvalue weighted by molar-refractivity contribution is 7.45. The second-order valence-electron chi connectivity index (χ2n) is 15.8. The minimum atomic E-state index is -4.65. The predicted octanol–water partition coefficient (Wildman–Crippen LogP) is 12.2. The van der Waals surface area contributed by atoms with E-state index < -0.39 is 26.5 Å². The Hall–Kier alpha value is -0.990. The van der Waals surface area contributed by atoms with Crippen LogP contribution in [-0.4, -0.2) is 68.5 Å². The van der Waals surface area contributed by atoms with E-state index in [0.717, 1.165) is 62.6 Å². The predicted molar refractivity (Wildman–Crippen MR) is 222 cm³/mol. The number of unbranched alkanes of at least 4 members (excludes halogenated alkanes) is 24. The minimum Gasteiger partial charge on any atom is -0.756 e. The van der Waals surface area contributed by atoms with Crippen molar-refractivity contribution in [3.63, 3.8) is 0 Å². The standard InChI is InChI=1S/C44H88NO8P/c1-6-11-13-15-17-19-21-23-25-27-29-31-33-35-43(46)50-40-42(41-52-54(48,49)51-39-38-45(9-4,10-5)37-8-3)53-44(47)36-34-32-30-28-26-24-22-20-18-16-14-12-7-2/h42H,6-41H2,1-5H3. The number of quaternary nitrogens is 1. The van der Waals surface area contributed by atoms with Crippen LogP contribution in [0.25, 0.3) is 0 Å². The quantitative estimate of drug-likeness (QED) is 0.0260. The normalized spacial score (nSPS) is 13.5. The fourth-order valence-electron chi connectivity index (χ4n) is 7.19. The number of hydrogen-bond acceptors (Lipinski definition) is 8. The van der Waals surface area contributed by atoms with Crippen molar-refractivity contribution < 1.29 is 42.1 Å². The van der Waals surface area contributed by atoms with Crippen molar-refractivity contribution in [2.24, 2.45) is 0 Å². The molecule has 9 nitrogen and oxygen atoms in total. The summed E-state index contributed by atoms with van der Waals surface area (Å²) in [6.45, 7) is 13.4. The van der Waals surface area contributed by atoms with Gasteiger partial charge < -0.3 is 27.9 Å². The van der Waals surface area contributed by atoms with Gasteiger partial charge >= 0.3 is 11.9 Å². The number of phosphoric ester groups is 1. The monoisotopic (exact) mass is 790 g/mol. The van der Waals surface area contributed by atoms with Crippen LogP contribution in [0, 0.1) is 0 Å². The molecule has 0 N–H and O–H groups in total. The lowest BCUT2D eigenvalue weighted by atomic mass is 10.0. The third-order valence-corrected chi connectivity index (χ3v) is 11.9. The lowest BCUT2D eigenvalue weighted by Gasteiger charge is -2.37. The van der Waals surface area contributed by atoms with Crippen LogP contribution >= 0.6 is 7.82 Å². The molecule has 2 unspecified atom stereocenters. The maximum atomic E-state index is 12.7. The molecule has 0 heterocycles. The molecule has 2 atom stereocenters. The van der Waals surface area contributed by atoms with Crippen LogP contribution in [0.15, 0.2) is 0 Å². The molecule has 0 aromatic heterocycles. The number of carbonyl (C=O) groups is 2. The van der Waals surface area contributed by atoms with E-state index in [1.807, 2.05) is 0 Å². The first kappa shape index (κ1) is 53.0. The molecule has 0 fully saturated rings. The fraction of sp³-hybridized carbons (Fsp3) is 0.955. The maximum absolute atomic E-state index is 12.7. The van der Waals surface area contributed by atoms with Crippen molar-refractivity contribution in [3.05, 3.63) is 0 Å². The Labute approximate surface area is 334 Å². The van der Waals surface area contributed by atoms with E-state index in [0.29, 0.717) is 13.0 Å². The number of carbonyl (C=O) groups excluding carboxylic acids is 2. The van der Waals surface area contributed by atoms with Gasteiger partial charge in [0.25, 0.3) is 7.82 Å². The first-order chi connectivity index (χ1) is 26.2. The number of nitrogens with zero attached hydrogens (tertiary/aromatic N) is 1. The Balaban J connectivity index is 4.60. The topological polar surface area (TPSA) is 111 Å². The summed E-state index contributed by atoms with van der Waals surface area (Å²) in [6, 6.07) is 0. The SMILES string of the molecule is CCCCCCCCCCCCCCCC(=O)OCC(COP(=O)([O-])OCC[N+](CC)(CC)CCC)OC(=O)CCCCCCCCCCCCCCC. The summed E-state index contributed by atoms with van der Waals surface area (Å²) < 4.78 is 34.9. The molecular formula is C44H88NO8P. The highest BCUT2D eigenvalue weighted by atomic mass is 31.2. The van der Waals surface area contributed by atoms with Crippen molar-refractivity contribution in [1.82, 2.24) is 0 Å². The molecule has 0 aromatic carbocycles. The second kappa shape index (κ2) is 37.6. The van der Waals surface area contributed by atoms with Crippen LogP contribution in [-0.2, 0) is 32.7 Å². The molecule has 0 aliphatic heterocycles. The average molecular weight is 790 g/mol. The van der Waals surface area contributed by atoms with Crippen LogP contribution in [0.4, 0.5) is 0 Å². The average Bonchev–Trinajstić information content (AvgIpc) is 3.16. The van der Waals surface area contributed by atoms with Gasteiger partial charge in [-0.1, -0.05) is 175 Å². The lowest BCUT2D eigenvalue weighted by molar-refractivity contribution is -0.925. The van der Waals surface area contributed by atoms with Gasteiger partial charge in [0, 0.05) is 12.8 Å². The second-order valence-corrected chi connectivity index (χ2v) is 17.2. The highest BCUT2D eigenvalue weighted by Gasteiger charge is 2.25. The summed E-state index contributed by atoms with van der Waals surface area (Å²) in [5.74, 6) is -0.810. The molecule has 0 rings (SSSR count). The summed E-state index contributed by atoms with van der Waals surface area (Å²) in [5.41, 5.74) is 0. The highest BCUT2D eigenvalue weighted by Crippen LogP contribution is 2.38. The third kappa shape index (κ3) is 33.2. The molecule has 0 radical (unpaired) electrons. The van der Waals surface area contributed by atoms with Crippen molar-refractivity contribution >= 4 is 19.8 Å². The van der Waals surface area contributed by atoms with Gasteiger partial charge in [0.05, 0.1) is 26.2 Å². The maximum Gasteiger partial charge on any atom is 0.306 e. The lowest BCUT2D eigenvalue weighted by Crippen LogP contribution is -2.50. The Kier molecular flexibility index (Phi) is 36.9. The number of likely N-dealkylation sites (N-methyl/N-ethyl adjacent to an activating group) is 1. The molecule has 0 saturated carbocycles. The van der Waals surface area contributed by atoms with Gasteiger partial charge in [0.2, 0.25) is 0 Å². The number of phosphoric acid groups is 1. The van der Waals surface area contributed by atoms with E-state index in [9.17, 15) is 19.0 Å².